The van der Waals surface area contributed by atoms with Crippen molar-refractivity contribution in [1.82, 2.24) is 10.3 Å². The lowest BCUT2D eigenvalue weighted by Crippen LogP contribution is -2.29. The number of nitrogens with one attached hydrogen (secondary N) is 2. The van der Waals surface area contributed by atoms with Gasteiger partial charge in [0, 0.05) is 12.1 Å². The maximum absolute atomic E-state index is 14.3. The third-order valence-electron chi connectivity index (χ3n) is 6.15. The molecule has 3 rings (SSSR count). The van der Waals surface area contributed by atoms with Crippen LogP contribution in [0.4, 0.5) is 27.6 Å². The highest BCUT2D eigenvalue weighted by Gasteiger charge is 2.34. The molecule has 1 atom stereocenters. The number of rotatable bonds is 9. The zero-order valence-corrected chi connectivity index (χ0v) is 21.1. The summed E-state index contributed by atoms with van der Waals surface area (Å²) < 4.78 is 97.4. The van der Waals surface area contributed by atoms with Crippen LogP contribution in [-0.4, -0.2) is 38.3 Å². The smallest absolute Gasteiger partial charge is 0.433 e. The fourth-order valence-electron chi connectivity index (χ4n) is 4.00. The van der Waals surface area contributed by atoms with Gasteiger partial charge in [-0.2, -0.15) is 13.2 Å². The number of alkyl halides is 4. The molecular weight excluding hydrogens is 521 g/mol. The molecule has 1 amide bonds. The molecule has 1 aromatic carbocycles. The molecule has 0 spiro atoms. The number of anilines is 1. The first-order valence-corrected chi connectivity index (χ1v) is 13.5. The van der Waals surface area contributed by atoms with Gasteiger partial charge in [0.25, 0.3) is 0 Å². The number of aromatic nitrogens is 1. The van der Waals surface area contributed by atoms with Crippen molar-refractivity contribution in [2.24, 2.45) is 5.92 Å². The highest BCUT2D eigenvalue weighted by atomic mass is 32.2. The summed E-state index contributed by atoms with van der Waals surface area (Å²) in [5.74, 6) is -2.61. The summed E-state index contributed by atoms with van der Waals surface area (Å²) >= 11 is 0. The molecule has 0 bridgehead atoms. The van der Waals surface area contributed by atoms with Gasteiger partial charge in [0.1, 0.15) is 17.6 Å². The Morgan fingerprint density at radius 2 is 1.84 bits per heavy atom. The van der Waals surface area contributed by atoms with Crippen LogP contribution in [0.3, 0.4) is 0 Å². The van der Waals surface area contributed by atoms with Crippen LogP contribution in [0, 0.1) is 11.7 Å². The number of sulfonamides is 1. The van der Waals surface area contributed by atoms with Crippen molar-refractivity contribution in [3.63, 3.8) is 0 Å². The van der Waals surface area contributed by atoms with Crippen LogP contribution in [0.1, 0.15) is 55.3 Å². The summed E-state index contributed by atoms with van der Waals surface area (Å²) in [7, 11) is -3.69. The average Bonchev–Trinajstić information content (AvgIpc) is 2.83. The maximum Gasteiger partial charge on any atom is 0.433 e. The fourth-order valence-corrected chi connectivity index (χ4v) is 4.56. The van der Waals surface area contributed by atoms with Gasteiger partial charge in [-0.25, -0.2) is 17.8 Å². The normalized spacial score (nSPS) is 19.2. The van der Waals surface area contributed by atoms with Crippen LogP contribution < -0.4 is 14.8 Å². The summed E-state index contributed by atoms with van der Waals surface area (Å²) in [4.78, 5) is 16.3. The molecule has 37 heavy (non-hydrogen) atoms. The lowest BCUT2D eigenvalue weighted by molar-refractivity contribution is -0.141. The average molecular weight is 550 g/mol. The Hall–Kier alpha value is -2.96. The van der Waals surface area contributed by atoms with Crippen molar-refractivity contribution in [2.45, 2.75) is 57.3 Å². The Morgan fingerprint density at radius 3 is 2.41 bits per heavy atom. The third-order valence-corrected chi connectivity index (χ3v) is 6.75. The number of nitrogens with zero attached hydrogens (tertiary/aromatic N) is 1. The second-order valence-electron chi connectivity index (χ2n) is 9.13. The molecule has 1 fully saturated rings. The van der Waals surface area contributed by atoms with Crippen LogP contribution in [-0.2, 0) is 27.5 Å². The maximum atomic E-state index is 14.3. The van der Waals surface area contributed by atoms with Gasteiger partial charge in [0.2, 0.25) is 21.8 Å². The lowest BCUT2D eigenvalue weighted by Gasteiger charge is -2.28. The van der Waals surface area contributed by atoms with Crippen molar-refractivity contribution in [2.75, 3.05) is 17.7 Å². The molecule has 1 aliphatic carbocycles. The minimum atomic E-state index is -4.69. The van der Waals surface area contributed by atoms with Gasteiger partial charge in [-0.05, 0) is 68.4 Å². The van der Waals surface area contributed by atoms with Crippen LogP contribution in [0.15, 0.2) is 30.3 Å². The number of hydrogen-bond acceptors (Lipinski definition) is 5. The summed E-state index contributed by atoms with van der Waals surface area (Å²) in [5.41, 5.74) is -0.917. The number of carbonyl (C=O) groups is 1. The van der Waals surface area contributed by atoms with E-state index in [2.05, 4.69) is 10.3 Å². The van der Waals surface area contributed by atoms with E-state index in [9.17, 15) is 35.2 Å². The summed E-state index contributed by atoms with van der Waals surface area (Å²) in [6.07, 6.45) is -2.18. The van der Waals surface area contributed by atoms with E-state index in [4.69, 9.17) is 4.74 Å². The second-order valence-corrected chi connectivity index (χ2v) is 10.9. The molecule has 2 aromatic rings. The Balaban J connectivity index is 1.72. The molecule has 0 aliphatic heterocycles. The Bertz CT molecular complexity index is 1220. The molecule has 1 aliphatic rings. The summed E-state index contributed by atoms with van der Waals surface area (Å²) in [6.45, 7) is 0.851. The van der Waals surface area contributed by atoms with Crippen molar-refractivity contribution >= 4 is 21.6 Å². The number of amides is 1. The molecule has 1 saturated carbocycles. The van der Waals surface area contributed by atoms with Gasteiger partial charge in [-0.3, -0.25) is 13.9 Å². The highest BCUT2D eigenvalue weighted by molar-refractivity contribution is 7.92. The molecule has 1 heterocycles. The first kappa shape index (κ1) is 28.6. The molecule has 1 aromatic heterocycles. The molecule has 13 heteroatoms. The van der Waals surface area contributed by atoms with Crippen LogP contribution in [0.5, 0.6) is 5.88 Å². The third kappa shape index (κ3) is 8.01. The molecule has 7 nitrogen and oxygen atoms in total. The van der Waals surface area contributed by atoms with Gasteiger partial charge in [-0.15, -0.1) is 0 Å². The number of hydrogen-bond donors (Lipinski definition) is 2. The minimum absolute atomic E-state index is 0.0874. The van der Waals surface area contributed by atoms with Crippen molar-refractivity contribution < 1.29 is 39.9 Å². The molecule has 1 unspecified atom stereocenters. The second kappa shape index (κ2) is 11.6. The standard InChI is InChI=1S/C24H28F5N3O4S/c1-14(16-5-9-20(19(26)11-16)32-37(2,34)35)22(33)30-13-17-6-10-21(24(27,28)29)31-23(17)36-18-7-3-15(12-25)4-8-18/h5-6,9-11,14-15,18,32H,3-4,7-8,12-13H2,1-2H3,(H,30,33). The topological polar surface area (TPSA) is 97.4 Å². The van der Waals surface area contributed by atoms with E-state index in [0.717, 1.165) is 18.4 Å². The van der Waals surface area contributed by atoms with E-state index in [1.54, 1.807) is 0 Å². The van der Waals surface area contributed by atoms with Crippen LogP contribution >= 0.6 is 0 Å². The molecule has 204 valence electrons. The zero-order chi connectivity index (χ0) is 27.4. The number of carbonyl (C=O) groups excluding carboxylic acids is 1. The first-order chi connectivity index (χ1) is 17.3. The van der Waals surface area contributed by atoms with E-state index in [1.165, 1.54) is 25.1 Å². The van der Waals surface area contributed by atoms with Crippen molar-refractivity contribution in [1.29, 1.82) is 0 Å². The Kier molecular flexibility index (Phi) is 8.98. The van der Waals surface area contributed by atoms with E-state index in [1.807, 2.05) is 4.72 Å². The molecular formula is C24H28F5N3O4S. The van der Waals surface area contributed by atoms with Crippen molar-refractivity contribution in [3.05, 3.63) is 53.0 Å². The fraction of sp³-hybridized carbons (Fsp3) is 0.500. The largest absolute Gasteiger partial charge is 0.474 e. The number of halogens is 5. The number of ether oxygens (including phenoxy) is 1. The van der Waals surface area contributed by atoms with Gasteiger partial charge < -0.3 is 10.1 Å². The van der Waals surface area contributed by atoms with E-state index >= 15 is 0 Å². The van der Waals surface area contributed by atoms with Gasteiger partial charge in [-0.1, -0.05) is 6.07 Å². The molecule has 2 N–H and O–H groups in total. The SMILES string of the molecule is CC(C(=O)NCc1ccc(C(F)(F)F)nc1OC1CCC(CF)CC1)c1ccc(NS(C)(=O)=O)c(F)c1. The van der Waals surface area contributed by atoms with Crippen LogP contribution in [0.2, 0.25) is 0 Å². The molecule has 0 radical (unpaired) electrons. The lowest BCUT2D eigenvalue weighted by atomic mass is 9.88. The number of pyridine rings is 1. The Labute approximate surface area is 211 Å². The van der Waals surface area contributed by atoms with Gasteiger partial charge >= 0.3 is 6.18 Å². The predicted octanol–water partition coefficient (Wildman–Crippen LogP) is 4.94. The Morgan fingerprint density at radius 1 is 1.16 bits per heavy atom. The predicted molar refractivity (Wildman–Crippen MR) is 127 cm³/mol. The van der Waals surface area contributed by atoms with Crippen molar-refractivity contribution in [3.8, 4) is 5.88 Å². The van der Waals surface area contributed by atoms with E-state index in [-0.39, 0.29) is 35.2 Å². The minimum Gasteiger partial charge on any atom is -0.474 e. The van der Waals surface area contributed by atoms with Gasteiger partial charge in [0.15, 0.2) is 0 Å². The quantitative estimate of drug-likeness (QED) is 0.432. The summed E-state index contributed by atoms with van der Waals surface area (Å²) in [6, 6.07) is 5.58. The highest BCUT2D eigenvalue weighted by Crippen LogP contribution is 2.33. The van der Waals surface area contributed by atoms with Gasteiger partial charge in [0.05, 0.1) is 24.5 Å². The monoisotopic (exact) mass is 549 g/mol. The summed E-state index contributed by atoms with van der Waals surface area (Å²) in [5, 5.41) is 2.60. The van der Waals surface area contributed by atoms with E-state index in [0.29, 0.717) is 25.7 Å². The first-order valence-electron chi connectivity index (χ1n) is 11.6. The van der Waals surface area contributed by atoms with Crippen LogP contribution in [0.25, 0.3) is 0 Å². The van der Waals surface area contributed by atoms with E-state index < -0.39 is 52.3 Å². The number of benzene rings is 1. The zero-order valence-electron chi connectivity index (χ0n) is 20.2. The molecule has 0 saturated heterocycles.